The molecule has 1 aromatic carbocycles. The average Bonchev–Trinajstić information content (AvgIpc) is 3.14. The van der Waals surface area contributed by atoms with Crippen LogP contribution >= 0.6 is 0 Å². The van der Waals surface area contributed by atoms with Crippen molar-refractivity contribution < 1.29 is 13.2 Å². The molecule has 0 atom stereocenters. The minimum atomic E-state index is -3.33. The van der Waals surface area contributed by atoms with E-state index in [2.05, 4.69) is 15.2 Å². The molecule has 1 amide bonds. The number of nitrogens with zero attached hydrogens (tertiary/aromatic N) is 2. The number of aromatic nitrogens is 1. The molecule has 0 bridgehead atoms. The van der Waals surface area contributed by atoms with Gasteiger partial charge in [0.25, 0.3) is 5.91 Å². The van der Waals surface area contributed by atoms with Crippen molar-refractivity contribution in [2.45, 2.75) is 24.3 Å². The molecule has 7 heteroatoms. The first-order chi connectivity index (χ1) is 11.9. The molecule has 0 aliphatic carbocycles. The molecular weight excluding hydrogens is 338 g/mol. The van der Waals surface area contributed by atoms with E-state index in [0.29, 0.717) is 12.1 Å². The van der Waals surface area contributed by atoms with E-state index < -0.39 is 9.84 Å². The summed E-state index contributed by atoms with van der Waals surface area (Å²) in [7, 11) is -3.33. The number of hydrogen-bond donors (Lipinski definition) is 1. The maximum Gasteiger partial charge on any atom is 0.251 e. The van der Waals surface area contributed by atoms with Crippen LogP contribution in [0.15, 0.2) is 47.5 Å². The van der Waals surface area contributed by atoms with Crippen LogP contribution in [-0.4, -0.2) is 38.7 Å². The zero-order valence-electron chi connectivity index (χ0n) is 14.1. The Morgan fingerprint density at radius 3 is 2.60 bits per heavy atom. The van der Waals surface area contributed by atoms with Gasteiger partial charge in [-0.3, -0.25) is 4.79 Å². The van der Waals surface area contributed by atoms with Crippen LogP contribution in [0.4, 0.5) is 5.82 Å². The van der Waals surface area contributed by atoms with Crippen LogP contribution in [0.3, 0.4) is 0 Å². The second-order valence-electron chi connectivity index (χ2n) is 6.20. The lowest BCUT2D eigenvalue weighted by atomic mass is 10.2. The number of nitrogens with one attached hydrogen (secondary N) is 1. The molecule has 1 aliphatic rings. The molecule has 3 rings (SSSR count). The smallest absolute Gasteiger partial charge is 0.251 e. The molecule has 1 aliphatic heterocycles. The fourth-order valence-corrected chi connectivity index (χ4v) is 3.47. The minimum Gasteiger partial charge on any atom is -0.357 e. The number of carbonyl (C=O) groups is 1. The molecule has 0 saturated carbocycles. The Morgan fingerprint density at radius 2 is 1.96 bits per heavy atom. The molecule has 1 saturated heterocycles. The molecule has 132 valence electrons. The number of amides is 1. The number of anilines is 1. The van der Waals surface area contributed by atoms with Gasteiger partial charge in [-0.15, -0.1) is 0 Å². The molecule has 1 fully saturated rings. The normalized spacial score (nSPS) is 14.5. The van der Waals surface area contributed by atoms with Gasteiger partial charge in [-0.05, 0) is 42.7 Å². The highest BCUT2D eigenvalue weighted by Gasteiger charge is 2.14. The Morgan fingerprint density at radius 1 is 1.20 bits per heavy atom. The van der Waals surface area contributed by atoms with E-state index in [-0.39, 0.29) is 10.8 Å². The minimum absolute atomic E-state index is 0.136. The van der Waals surface area contributed by atoms with Crippen molar-refractivity contribution in [1.29, 1.82) is 0 Å². The highest BCUT2D eigenvalue weighted by atomic mass is 32.2. The second-order valence-corrected chi connectivity index (χ2v) is 8.22. The summed E-state index contributed by atoms with van der Waals surface area (Å²) in [5.41, 5.74) is 1.22. The van der Waals surface area contributed by atoms with Gasteiger partial charge < -0.3 is 10.2 Å². The van der Waals surface area contributed by atoms with E-state index in [4.69, 9.17) is 0 Å². The number of pyridine rings is 1. The number of benzene rings is 1. The van der Waals surface area contributed by atoms with Crippen LogP contribution in [0.25, 0.3) is 0 Å². The fraction of sp³-hybridized carbons (Fsp3) is 0.333. The van der Waals surface area contributed by atoms with E-state index >= 15 is 0 Å². The summed E-state index contributed by atoms with van der Waals surface area (Å²) in [5, 5.41) is 2.80. The summed E-state index contributed by atoms with van der Waals surface area (Å²) < 4.78 is 23.2. The zero-order chi connectivity index (χ0) is 17.9. The molecule has 0 radical (unpaired) electrons. The van der Waals surface area contributed by atoms with Gasteiger partial charge in [0, 0.05) is 37.7 Å². The van der Waals surface area contributed by atoms with E-state index in [9.17, 15) is 13.2 Å². The second kappa shape index (κ2) is 7.23. The fourth-order valence-electron chi connectivity index (χ4n) is 2.81. The van der Waals surface area contributed by atoms with E-state index in [1.807, 2.05) is 12.1 Å². The molecule has 6 nitrogen and oxygen atoms in total. The monoisotopic (exact) mass is 359 g/mol. The summed E-state index contributed by atoms with van der Waals surface area (Å²) in [4.78, 5) is 19.1. The molecule has 1 aromatic heterocycles. The standard InChI is InChI=1S/C18H21N3O3S/c1-25(23,24)16-6-4-5-15(11-16)18(22)20-13-14-7-8-17(19-12-14)21-9-2-3-10-21/h4-8,11-12H,2-3,9-10,13H2,1H3,(H,20,22). The SMILES string of the molecule is CS(=O)(=O)c1cccc(C(=O)NCc2ccc(N3CCCC3)nc2)c1. The first kappa shape index (κ1) is 17.4. The quantitative estimate of drug-likeness (QED) is 0.883. The highest BCUT2D eigenvalue weighted by Crippen LogP contribution is 2.17. The van der Waals surface area contributed by atoms with Crippen LogP contribution in [0, 0.1) is 0 Å². The van der Waals surface area contributed by atoms with Crippen LogP contribution in [0.2, 0.25) is 0 Å². The zero-order valence-corrected chi connectivity index (χ0v) is 14.9. The van der Waals surface area contributed by atoms with Gasteiger partial charge in [-0.25, -0.2) is 13.4 Å². The number of sulfone groups is 1. The van der Waals surface area contributed by atoms with E-state index in [1.54, 1.807) is 18.3 Å². The largest absolute Gasteiger partial charge is 0.357 e. The van der Waals surface area contributed by atoms with Crippen molar-refractivity contribution >= 4 is 21.6 Å². The summed E-state index contributed by atoms with van der Waals surface area (Å²) in [6.45, 7) is 2.43. The summed E-state index contributed by atoms with van der Waals surface area (Å²) in [6.07, 6.45) is 5.29. The first-order valence-electron chi connectivity index (χ1n) is 8.22. The Bertz CT molecular complexity index is 857. The maximum absolute atomic E-state index is 12.2. The van der Waals surface area contributed by atoms with Gasteiger partial charge in [-0.2, -0.15) is 0 Å². The summed E-state index contributed by atoms with van der Waals surface area (Å²) in [6, 6.07) is 9.95. The number of carbonyl (C=O) groups excluding carboxylic acids is 1. The van der Waals surface area contributed by atoms with E-state index in [1.165, 1.54) is 25.0 Å². The molecule has 2 heterocycles. The van der Waals surface area contributed by atoms with Gasteiger partial charge in [0.1, 0.15) is 5.82 Å². The molecular formula is C18H21N3O3S. The molecule has 25 heavy (non-hydrogen) atoms. The lowest BCUT2D eigenvalue weighted by Gasteiger charge is -2.16. The van der Waals surface area contributed by atoms with E-state index in [0.717, 1.165) is 30.7 Å². The predicted molar refractivity (Wildman–Crippen MR) is 96.4 cm³/mol. The molecule has 0 spiro atoms. The van der Waals surface area contributed by atoms with Crippen molar-refractivity contribution in [3.8, 4) is 0 Å². The van der Waals surface area contributed by atoms with Crippen LogP contribution in [-0.2, 0) is 16.4 Å². The van der Waals surface area contributed by atoms with Crippen LogP contribution < -0.4 is 10.2 Å². The third kappa shape index (κ3) is 4.36. The Labute approximate surface area is 147 Å². The topological polar surface area (TPSA) is 79.4 Å². The predicted octanol–water partition coefficient (Wildman–Crippen LogP) is 2.02. The number of hydrogen-bond acceptors (Lipinski definition) is 5. The van der Waals surface area contributed by atoms with Gasteiger partial charge in [0.15, 0.2) is 9.84 Å². The number of rotatable bonds is 5. The Kier molecular flexibility index (Phi) is 5.03. The van der Waals surface area contributed by atoms with Gasteiger partial charge in [0.2, 0.25) is 0 Å². The Balaban J connectivity index is 1.62. The first-order valence-corrected chi connectivity index (χ1v) is 10.1. The third-order valence-corrected chi connectivity index (χ3v) is 5.33. The van der Waals surface area contributed by atoms with Gasteiger partial charge in [-0.1, -0.05) is 12.1 Å². The molecule has 0 unspecified atom stereocenters. The Hall–Kier alpha value is -2.41. The van der Waals surface area contributed by atoms with Crippen LogP contribution in [0.5, 0.6) is 0 Å². The van der Waals surface area contributed by atoms with Crippen LogP contribution in [0.1, 0.15) is 28.8 Å². The van der Waals surface area contributed by atoms with Crippen molar-refractivity contribution in [1.82, 2.24) is 10.3 Å². The van der Waals surface area contributed by atoms with Gasteiger partial charge in [0.05, 0.1) is 4.90 Å². The highest BCUT2D eigenvalue weighted by molar-refractivity contribution is 7.90. The average molecular weight is 359 g/mol. The van der Waals surface area contributed by atoms with Gasteiger partial charge >= 0.3 is 0 Å². The summed E-state index contributed by atoms with van der Waals surface area (Å²) >= 11 is 0. The molecule has 2 aromatic rings. The summed E-state index contributed by atoms with van der Waals surface area (Å²) in [5.74, 6) is 0.655. The molecule has 1 N–H and O–H groups in total. The maximum atomic E-state index is 12.2. The lowest BCUT2D eigenvalue weighted by molar-refractivity contribution is 0.0950. The van der Waals surface area contributed by atoms with Crippen molar-refractivity contribution in [2.24, 2.45) is 0 Å². The van der Waals surface area contributed by atoms with Crippen molar-refractivity contribution in [3.05, 3.63) is 53.7 Å². The van der Waals surface area contributed by atoms with Crippen molar-refractivity contribution in [3.63, 3.8) is 0 Å². The third-order valence-electron chi connectivity index (χ3n) is 4.22. The van der Waals surface area contributed by atoms with Crippen molar-refractivity contribution in [2.75, 3.05) is 24.2 Å². The lowest BCUT2D eigenvalue weighted by Crippen LogP contribution is -2.23.